The first kappa shape index (κ1) is 23.4. The number of carbonyl (C=O) groups excluding carboxylic acids is 2. The minimum absolute atomic E-state index is 0.121. The monoisotopic (exact) mass is 529 g/mol. The van der Waals surface area contributed by atoms with Crippen molar-refractivity contribution in [2.45, 2.75) is 38.1 Å². The molecule has 1 aromatic heterocycles. The number of halogens is 1. The molecule has 2 aliphatic heterocycles. The number of nitriles is 1. The van der Waals surface area contributed by atoms with Crippen LogP contribution in [0.5, 0.6) is 0 Å². The Morgan fingerprint density at radius 3 is 2.82 bits per heavy atom. The molecule has 2 aromatic rings. The number of aliphatic imine (C=N–C) groups is 1. The normalized spacial score (nSPS) is 21.6. The topological polar surface area (TPSA) is 107 Å². The number of thiophene rings is 1. The van der Waals surface area contributed by atoms with Crippen LogP contribution in [0.2, 0.25) is 0 Å². The molecule has 172 valence electrons. The van der Waals surface area contributed by atoms with E-state index in [1.54, 1.807) is 12.1 Å². The number of aryl methyl sites for hydroxylation is 1. The standard InChI is InChI=1S/C23H24BrN5O3S/c1-15-12-16(5-6-17(15)29-10-3-2-4-20(29)26-14-25)27-22(31)23(9-11-32-13-23)28-21(30)18-7-8-19(24)33-18/h5-8,12H,2-4,9-11,13H2,1H3,(H,27,31)(H,28,30)/b26-20-. The third-order valence-electron chi connectivity index (χ3n) is 5.87. The van der Waals surface area contributed by atoms with Crippen LogP contribution in [0, 0.1) is 18.4 Å². The van der Waals surface area contributed by atoms with Crippen molar-refractivity contribution in [3.8, 4) is 6.19 Å². The molecule has 2 amide bonds. The van der Waals surface area contributed by atoms with Gasteiger partial charge in [-0.05, 0) is 71.6 Å². The van der Waals surface area contributed by atoms with Crippen LogP contribution in [-0.2, 0) is 9.53 Å². The number of benzene rings is 1. The highest BCUT2D eigenvalue weighted by Crippen LogP contribution is 2.29. The van der Waals surface area contributed by atoms with E-state index in [4.69, 9.17) is 10.00 Å². The number of nitrogens with one attached hydrogen (secondary N) is 2. The van der Waals surface area contributed by atoms with E-state index in [-0.39, 0.29) is 18.4 Å². The Labute approximate surface area is 204 Å². The fraction of sp³-hybridized carbons (Fsp3) is 0.391. The van der Waals surface area contributed by atoms with E-state index < -0.39 is 5.54 Å². The molecule has 33 heavy (non-hydrogen) atoms. The molecule has 0 aliphatic carbocycles. The molecule has 4 rings (SSSR count). The average Bonchev–Trinajstić information content (AvgIpc) is 3.45. The van der Waals surface area contributed by atoms with Crippen molar-refractivity contribution < 1.29 is 14.3 Å². The van der Waals surface area contributed by atoms with Crippen LogP contribution in [0.15, 0.2) is 39.1 Å². The van der Waals surface area contributed by atoms with Crippen LogP contribution in [0.25, 0.3) is 0 Å². The molecular weight excluding hydrogens is 506 g/mol. The van der Waals surface area contributed by atoms with E-state index in [0.717, 1.165) is 46.7 Å². The lowest BCUT2D eigenvalue weighted by atomic mass is 9.96. The molecule has 2 N–H and O–H groups in total. The number of rotatable bonds is 5. The second-order valence-electron chi connectivity index (χ2n) is 8.13. The first-order valence-electron chi connectivity index (χ1n) is 10.7. The summed E-state index contributed by atoms with van der Waals surface area (Å²) in [5.41, 5.74) is 1.44. The maximum Gasteiger partial charge on any atom is 0.262 e. The Hall–Kier alpha value is -2.74. The van der Waals surface area contributed by atoms with Crippen molar-refractivity contribution in [2.24, 2.45) is 4.99 Å². The molecule has 8 nitrogen and oxygen atoms in total. The Morgan fingerprint density at radius 2 is 2.15 bits per heavy atom. The van der Waals surface area contributed by atoms with E-state index >= 15 is 0 Å². The van der Waals surface area contributed by atoms with E-state index in [1.807, 2.05) is 31.3 Å². The Balaban J connectivity index is 1.51. The van der Waals surface area contributed by atoms with Gasteiger partial charge in [-0.15, -0.1) is 11.3 Å². The smallest absolute Gasteiger partial charge is 0.262 e. The zero-order chi connectivity index (χ0) is 23.4. The molecule has 2 saturated heterocycles. The lowest BCUT2D eigenvalue weighted by Gasteiger charge is -2.31. The van der Waals surface area contributed by atoms with Crippen molar-refractivity contribution in [1.29, 1.82) is 5.26 Å². The second-order valence-corrected chi connectivity index (χ2v) is 10.6. The van der Waals surface area contributed by atoms with Crippen molar-refractivity contribution in [3.05, 3.63) is 44.6 Å². The van der Waals surface area contributed by atoms with Gasteiger partial charge in [0.25, 0.3) is 11.8 Å². The maximum absolute atomic E-state index is 13.3. The Bertz CT molecular complexity index is 1130. The summed E-state index contributed by atoms with van der Waals surface area (Å²) >= 11 is 4.67. The molecule has 2 aliphatic rings. The van der Waals surface area contributed by atoms with Gasteiger partial charge in [0, 0.05) is 37.4 Å². The van der Waals surface area contributed by atoms with Crippen molar-refractivity contribution in [3.63, 3.8) is 0 Å². The van der Waals surface area contributed by atoms with Crippen molar-refractivity contribution >= 4 is 56.3 Å². The van der Waals surface area contributed by atoms with Crippen LogP contribution in [-0.4, -0.2) is 42.9 Å². The number of ether oxygens (including phenoxy) is 1. The summed E-state index contributed by atoms with van der Waals surface area (Å²) in [7, 11) is 0. The van der Waals surface area contributed by atoms with E-state index in [2.05, 4.69) is 36.5 Å². The van der Waals surface area contributed by atoms with Crippen molar-refractivity contribution in [2.75, 3.05) is 30.0 Å². The Kier molecular flexibility index (Phi) is 7.12. The van der Waals surface area contributed by atoms with E-state index in [1.165, 1.54) is 11.3 Å². The number of nitrogens with zero attached hydrogens (tertiary/aromatic N) is 3. The molecule has 10 heteroatoms. The SMILES string of the molecule is Cc1cc(NC(=O)C2(NC(=O)c3ccc(Br)s3)CCOC2)ccc1N1CCCC/C1=N/C#N. The summed E-state index contributed by atoms with van der Waals surface area (Å²) in [6.07, 6.45) is 5.12. The zero-order valence-electron chi connectivity index (χ0n) is 18.2. The third-order valence-corrected chi connectivity index (χ3v) is 7.50. The van der Waals surface area contributed by atoms with Gasteiger partial charge in [0.2, 0.25) is 6.19 Å². The Morgan fingerprint density at radius 1 is 1.30 bits per heavy atom. The number of carbonyl (C=O) groups is 2. The molecular formula is C23H24BrN5O3S. The predicted molar refractivity (Wildman–Crippen MR) is 132 cm³/mol. The van der Waals surface area contributed by atoms with Gasteiger partial charge in [-0.2, -0.15) is 10.3 Å². The second kappa shape index (κ2) is 10.0. The van der Waals surface area contributed by atoms with Crippen molar-refractivity contribution in [1.82, 2.24) is 5.32 Å². The zero-order valence-corrected chi connectivity index (χ0v) is 20.6. The molecule has 0 bridgehead atoms. The quantitative estimate of drug-likeness (QED) is 0.564. The minimum atomic E-state index is -1.13. The van der Waals surface area contributed by atoms with Gasteiger partial charge in [-0.3, -0.25) is 9.59 Å². The number of hydrogen-bond donors (Lipinski definition) is 2. The molecule has 0 spiro atoms. The summed E-state index contributed by atoms with van der Waals surface area (Å²) in [6, 6.07) is 9.19. The highest BCUT2D eigenvalue weighted by Gasteiger charge is 2.44. The summed E-state index contributed by atoms with van der Waals surface area (Å²) in [5.74, 6) is 0.168. The third kappa shape index (κ3) is 5.11. The highest BCUT2D eigenvalue weighted by atomic mass is 79.9. The summed E-state index contributed by atoms with van der Waals surface area (Å²) in [5, 5.41) is 14.9. The number of amides is 2. The fourth-order valence-electron chi connectivity index (χ4n) is 4.15. The van der Waals surface area contributed by atoms with Crippen LogP contribution < -0.4 is 15.5 Å². The average molecular weight is 530 g/mol. The number of piperidine rings is 1. The lowest BCUT2D eigenvalue weighted by molar-refractivity contribution is -0.122. The summed E-state index contributed by atoms with van der Waals surface area (Å²) < 4.78 is 6.34. The van der Waals surface area contributed by atoms with E-state index in [0.29, 0.717) is 23.6 Å². The van der Waals surface area contributed by atoms with Gasteiger partial charge in [0.05, 0.1) is 15.3 Å². The van der Waals surface area contributed by atoms with E-state index in [9.17, 15) is 9.59 Å². The number of amidine groups is 1. The first-order valence-corrected chi connectivity index (χ1v) is 12.3. The van der Waals surface area contributed by atoms with Crippen LogP contribution in [0.1, 0.15) is 40.9 Å². The molecule has 2 fully saturated rings. The van der Waals surface area contributed by atoms with Crippen LogP contribution in [0.3, 0.4) is 0 Å². The van der Waals surface area contributed by atoms with Gasteiger partial charge in [0.15, 0.2) is 0 Å². The number of anilines is 2. The maximum atomic E-state index is 13.3. The molecule has 1 aromatic carbocycles. The molecule has 1 unspecified atom stereocenters. The van der Waals surface area contributed by atoms with Crippen LogP contribution >= 0.6 is 27.3 Å². The molecule has 1 atom stereocenters. The molecule has 0 saturated carbocycles. The van der Waals surface area contributed by atoms with Gasteiger partial charge in [-0.25, -0.2) is 0 Å². The van der Waals surface area contributed by atoms with Crippen LogP contribution in [0.4, 0.5) is 11.4 Å². The largest absolute Gasteiger partial charge is 0.378 e. The number of hydrogen-bond acceptors (Lipinski definition) is 6. The summed E-state index contributed by atoms with van der Waals surface area (Å²) in [6.45, 7) is 3.29. The van der Waals surface area contributed by atoms with Gasteiger partial charge < -0.3 is 20.3 Å². The van der Waals surface area contributed by atoms with Gasteiger partial charge >= 0.3 is 0 Å². The molecule has 0 radical (unpaired) electrons. The minimum Gasteiger partial charge on any atom is -0.378 e. The lowest BCUT2D eigenvalue weighted by Crippen LogP contribution is -2.57. The highest BCUT2D eigenvalue weighted by molar-refractivity contribution is 9.11. The predicted octanol–water partition coefficient (Wildman–Crippen LogP) is 4.22. The molecule has 3 heterocycles. The fourth-order valence-corrected chi connectivity index (χ4v) is 5.43. The van der Waals surface area contributed by atoms with Gasteiger partial charge in [-0.1, -0.05) is 0 Å². The first-order chi connectivity index (χ1) is 15.9. The van der Waals surface area contributed by atoms with Gasteiger partial charge in [0.1, 0.15) is 11.4 Å². The summed E-state index contributed by atoms with van der Waals surface area (Å²) in [4.78, 5) is 32.6.